The van der Waals surface area contributed by atoms with Crippen LogP contribution < -0.4 is 16.4 Å². The molecule has 0 aliphatic carbocycles. The summed E-state index contributed by atoms with van der Waals surface area (Å²) in [5.41, 5.74) is 9.59. The van der Waals surface area contributed by atoms with Gasteiger partial charge in [-0.15, -0.1) is 0 Å². The summed E-state index contributed by atoms with van der Waals surface area (Å²) in [6.45, 7) is 1.32. The average molecular weight is 412 g/mol. The Kier molecular flexibility index (Phi) is 5.89. The van der Waals surface area contributed by atoms with Gasteiger partial charge in [-0.05, 0) is 25.1 Å². The van der Waals surface area contributed by atoms with Crippen LogP contribution in [0.3, 0.4) is 0 Å². The maximum atomic E-state index is 13.1. The number of primary amides is 1. The number of nitrogens with zero attached hydrogens (tertiary/aromatic N) is 4. The fourth-order valence-corrected chi connectivity index (χ4v) is 3.06. The van der Waals surface area contributed by atoms with Gasteiger partial charge in [-0.1, -0.05) is 6.07 Å². The molecule has 1 aromatic heterocycles. The van der Waals surface area contributed by atoms with Crippen LogP contribution in [0.5, 0.6) is 0 Å². The van der Waals surface area contributed by atoms with Crippen LogP contribution in [0.25, 0.3) is 0 Å². The number of nitrogens with two attached hydrogens (primary N) is 2. The zero-order valence-corrected chi connectivity index (χ0v) is 15.5. The second-order valence-electron chi connectivity index (χ2n) is 5.65. The molecule has 1 unspecified atom stereocenters. The van der Waals surface area contributed by atoms with E-state index in [9.17, 15) is 27.4 Å². The molecule has 0 fully saturated rings. The van der Waals surface area contributed by atoms with Crippen molar-refractivity contribution in [3.05, 3.63) is 35.4 Å². The predicted molar refractivity (Wildman–Crippen MR) is 95.7 cm³/mol. The number of hydrogen-bond acceptors (Lipinski definition) is 7. The van der Waals surface area contributed by atoms with Crippen LogP contribution >= 0.6 is 0 Å². The van der Waals surface area contributed by atoms with E-state index in [4.69, 9.17) is 11.5 Å². The van der Waals surface area contributed by atoms with Crippen LogP contribution in [0.2, 0.25) is 0 Å². The Balaban J connectivity index is 2.83. The number of anilines is 3. The largest absolute Gasteiger partial charge is 0.416 e. The molecule has 1 heterocycles. The van der Waals surface area contributed by atoms with Crippen molar-refractivity contribution < 1.29 is 22.2 Å². The number of halogens is 3. The van der Waals surface area contributed by atoms with E-state index in [-0.39, 0.29) is 28.0 Å². The highest BCUT2D eigenvalue weighted by atomic mass is 32.2. The van der Waals surface area contributed by atoms with E-state index < -0.39 is 34.5 Å². The van der Waals surface area contributed by atoms with Gasteiger partial charge in [-0.3, -0.25) is 9.00 Å². The number of nitriles is 1. The minimum absolute atomic E-state index is 0.108. The van der Waals surface area contributed by atoms with E-state index >= 15 is 0 Å². The van der Waals surface area contributed by atoms with Gasteiger partial charge in [0.2, 0.25) is 11.9 Å². The Bertz CT molecular complexity index is 989. The first kappa shape index (κ1) is 21.1. The molecule has 28 heavy (non-hydrogen) atoms. The summed E-state index contributed by atoms with van der Waals surface area (Å²) in [6.07, 6.45) is -3.39. The Morgan fingerprint density at radius 3 is 2.50 bits per heavy atom. The lowest BCUT2D eigenvalue weighted by molar-refractivity contribution is -0.137. The highest BCUT2D eigenvalue weighted by molar-refractivity contribution is 7.84. The van der Waals surface area contributed by atoms with Crippen molar-refractivity contribution in [1.82, 2.24) is 9.97 Å². The van der Waals surface area contributed by atoms with E-state index in [1.807, 2.05) is 0 Å². The number of alkyl halides is 3. The Hall–Kier alpha value is -3.20. The minimum atomic E-state index is -4.64. The molecule has 0 spiro atoms. The molecular formula is C16H15F3N6O2S. The summed E-state index contributed by atoms with van der Waals surface area (Å²) in [5.74, 6) is -1.53. The summed E-state index contributed by atoms with van der Waals surface area (Å²) >= 11 is 0. The second-order valence-corrected chi connectivity index (χ2v) is 6.94. The molecule has 0 aliphatic heterocycles. The van der Waals surface area contributed by atoms with Gasteiger partial charge in [0.25, 0.3) is 0 Å². The maximum Gasteiger partial charge on any atom is 0.416 e. The number of aromatic nitrogens is 2. The number of carbonyl (C=O) groups excluding carboxylic acids is 1. The third-order valence-electron chi connectivity index (χ3n) is 3.74. The van der Waals surface area contributed by atoms with Crippen molar-refractivity contribution in [1.29, 1.82) is 5.26 Å². The van der Waals surface area contributed by atoms with E-state index in [1.165, 1.54) is 19.2 Å². The lowest BCUT2D eigenvalue weighted by Gasteiger charge is -2.30. The average Bonchev–Trinajstić information content (AvgIpc) is 2.60. The van der Waals surface area contributed by atoms with Gasteiger partial charge in [0.1, 0.15) is 17.7 Å². The summed E-state index contributed by atoms with van der Waals surface area (Å²) < 4.78 is 51.3. The topological polar surface area (TPSA) is 139 Å². The van der Waals surface area contributed by atoms with Gasteiger partial charge >= 0.3 is 6.18 Å². The summed E-state index contributed by atoms with van der Waals surface area (Å²) in [4.78, 5) is 20.5. The molecule has 1 aromatic carbocycles. The van der Waals surface area contributed by atoms with Crippen LogP contribution in [0.1, 0.15) is 18.1 Å². The van der Waals surface area contributed by atoms with E-state index in [1.54, 1.807) is 6.07 Å². The molecule has 2 atom stereocenters. The van der Waals surface area contributed by atoms with Crippen LogP contribution in [0, 0.1) is 11.3 Å². The molecule has 2 rings (SSSR count). The van der Waals surface area contributed by atoms with Crippen molar-refractivity contribution in [2.75, 3.05) is 16.9 Å². The number of nitrogen functional groups attached to an aromatic ring is 1. The number of carbonyl (C=O) groups is 1. The molecule has 2 aromatic rings. The van der Waals surface area contributed by atoms with Crippen LogP contribution in [0.4, 0.5) is 30.6 Å². The minimum Gasteiger partial charge on any atom is -0.368 e. The van der Waals surface area contributed by atoms with Crippen molar-refractivity contribution in [2.24, 2.45) is 5.73 Å². The van der Waals surface area contributed by atoms with Crippen molar-refractivity contribution in [3.8, 4) is 6.07 Å². The Labute approximate surface area is 160 Å². The molecule has 1 amide bonds. The van der Waals surface area contributed by atoms with Crippen molar-refractivity contribution >= 4 is 34.2 Å². The van der Waals surface area contributed by atoms with E-state index in [2.05, 4.69) is 9.97 Å². The van der Waals surface area contributed by atoms with Gasteiger partial charge in [0.05, 0.1) is 16.4 Å². The summed E-state index contributed by atoms with van der Waals surface area (Å²) in [5, 5.41) is 9.30. The predicted octanol–water partition coefficient (Wildman–Crippen LogP) is 1.70. The van der Waals surface area contributed by atoms with E-state index in [0.29, 0.717) is 0 Å². The molecule has 148 valence electrons. The fraction of sp³-hybridized carbons (Fsp3) is 0.250. The van der Waals surface area contributed by atoms with Crippen molar-refractivity contribution in [3.63, 3.8) is 0 Å². The lowest BCUT2D eigenvalue weighted by atomic mass is 10.1. The van der Waals surface area contributed by atoms with Gasteiger partial charge in [-0.25, -0.2) is 4.98 Å². The van der Waals surface area contributed by atoms with E-state index in [0.717, 1.165) is 23.1 Å². The molecule has 12 heteroatoms. The third-order valence-corrected chi connectivity index (χ3v) is 4.58. The normalized spacial score (nSPS) is 13.4. The first-order valence-electron chi connectivity index (χ1n) is 7.64. The number of amides is 1. The summed E-state index contributed by atoms with van der Waals surface area (Å²) in [6, 6.07) is 4.62. The molecule has 8 nitrogen and oxygen atoms in total. The van der Waals surface area contributed by atoms with Crippen LogP contribution in [0.15, 0.2) is 29.3 Å². The maximum absolute atomic E-state index is 13.1. The molecule has 0 saturated carbocycles. The summed E-state index contributed by atoms with van der Waals surface area (Å²) in [7, 11) is -1.75. The Morgan fingerprint density at radius 2 is 2.00 bits per heavy atom. The number of benzene rings is 1. The zero-order chi connectivity index (χ0) is 21.2. The molecule has 0 bridgehead atoms. The van der Waals surface area contributed by atoms with Gasteiger partial charge in [0, 0.05) is 11.9 Å². The van der Waals surface area contributed by atoms with Gasteiger partial charge < -0.3 is 16.4 Å². The highest BCUT2D eigenvalue weighted by Gasteiger charge is 2.33. The van der Waals surface area contributed by atoms with Crippen molar-refractivity contribution in [2.45, 2.75) is 24.2 Å². The number of rotatable bonds is 5. The second kappa shape index (κ2) is 7.81. The molecular weight excluding hydrogens is 397 g/mol. The SMILES string of the molecule is C[C@@H](C(N)=O)N(c1cccc(C(F)(F)F)c1)c1nc(N)nc(S(C)=O)c1C#N. The highest BCUT2D eigenvalue weighted by Crippen LogP contribution is 2.36. The van der Waals surface area contributed by atoms with Crippen LogP contribution in [-0.4, -0.2) is 32.4 Å². The van der Waals surface area contributed by atoms with Gasteiger partial charge in [0.15, 0.2) is 10.8 Å². The number of hydrogen-bond donors (Lipinski definition) is 2. The fourth-order valence-electron chi connectivity index (χ4n) is 2.41. The van der Waals surface area contributed by atoms with Crippen LogP contribution in [-0.2, 0) is 21.8 Å². The molecule has 0 radical (unpaired) electrons. The smallest absolute Gasteiger partial charge is 0.368 e. The molecule has 0 saturated heterocycles. The monoisotopic (exact) mass is 412 g/mol. The van der Waals surface area contributed by atoms with Gasteiger partial charge in [-0.2, -0.15) is 23.4 Å². The first-order chi connectivity index (χ1) is 13.0. The quantitative estimate of drug-likeness (QED) is 0.713. The Morgan fingerprint density at radius 1 is 1.36 bits per heavy atom. The lowest BCUT2D eigenvalue weighted by Crippen LogP contribution is -2.41. The zero-order valence-electron chi connectivity index (χ0n) is 14.7. The third kappa shape index (κ3) is 4.20. The standard InChI is InChI=1S/C16H15F3N6O2S/c1-8(12(21)26)25(10-5-3-4-9(6-10)16(17,18)19)13-11(7-20)14(28(2)27)24-15(22)23-13/h3-6,8H,1-2H3,(H2,21,26)(H2,22,23,24)/t8-,28?/m0/s1. The first-order valence-corrected chi connectivity index (χ1v) is 9.20. The molecule has 0 aliphatic rings. The molecule has 4 N–H and O–H groups in total.